The van der Waals surface area contributed by atoms with Gasteiger partial charge in [-0.05, 0) is 36.7 Å². The molecule has 0 saturated heterocycles. The van der Waals surface area contributed by atoms with Gasteiger partial charge in [-0.1, -0.05) is 11.6 Å². The lowest BCUT2D eigenvalue weighted by molar-refractivity contribution is 0.617. The lowest BCUT2D eigenvalue weighted by Gasteiger charge is -2.05. The first-order chi connectivity index (χ1) is 7.24. The predicted octanol–water partition coefficient (Wildman–Crippen LogP) is 2.98. The maximum atomic E-state index is 12.9. The van der Waals surface area contributed by atoms with Crippen molar-refractivity contribution in [2.24, 2.45) is 0 Å². The zero-order valence-electron chi connectivity index (χ0n) is 8.39. The van der Waals surface area contributed by atoms with E-state index in [1.165, 1.54) is 12.1 Å². The molecule has 0 aliphatic heterocycles. The first-order valence-electron chi connectivity index (χ1n) is 4.82. The number of hydrogen-bond acceptors (Lipinski definition) is 1. The van der Waals surface area contributed by atoms with E-state index in [1.807, 2.05) is 0 Å². The van der Waals surface area contributed by atoms with Gasteiger partial charge < -0.3 is 5.32 Å². The third-order valence-corrected chi connectivity index (χ3v) is 2.37. The van der Waals surface area contributed by atoms with Crippen LogP contribution < -0.4 is 5.32 Å². The Morgan fingerprint density at radius 2 is 2.27 bits per heavy atom. The maximum absolute atomic E-state index is 12.9. The zero-order chi connectivity index (χ0) is 11.1. The van der Waals surface area contributed by atoms with Crippen molar-refractivity contribution in [2.75, 3.05) is 6.54 Å². The summed E-state index contributed by atoms with van der Waals surface area (Å²) < 4.78 is 12.9. The van der Waals surface area contributed by atoms with Crippen LogP contribution >= 0.6 is 11.6 Å². The Morgan fingerprint density at radius 1 is 1.47 bits per heavy atom. The Kier molecular flexibility index (Phi) is 5.17. The number of benzene rings is 1. The fraction of sp³-hybridized carbons (Fsp3) is 0.333. The zero-order valence-corrected chi connectivity index (χ0v) is 9.15. The summed E-state index contributed by atoms with van der Waals surface area (Å²) in [6, 6.07) is 4.36. The Bertz CT molecular complexity index is 357. The molecule has 3 heteroatoms. The summed E-state index contributed by atoms with van der Waals surface area (Å²) in [5, 5.41) is 3.74. The number of terminal acetylenes is 1. The van der Waals surface area contributed by atoms with Crippen LogP contribution in [0.4, 0.5) is 4.39 Å². The van der Waals surface area contributed by atoms with E-state index in [9.17, 15) is 4.39 Å². The van der Waals surface area contributed by atoms with Crippen molar-refractivity contribution in [1.82, 2.24) is 5.32 Å². The lowest BCUT2D eigenvalue weighted by Crippen LogP contribution is -2.14. The van der Waals surface area contributed by atoms with Crippen LogP contribution in [-0.2, 0) is 6.54 Å². The van der Waals surface area contributed by atoms with Crippen LogP contribution in [-0.4, -0.2) is 6.54 Å². The van der Waals surface area contributed by atoms with Crippen LogP contribution in [0.2, 0.25) is 5.02 Å². The van der Waals surface area contributed by atoms with Gasteiger partial charge in [0.15, 0.2) is 0 Å². The van der Waals surface area contributed by atoms with Crippen LogP contribution in [0.1, 0.15) is 18.4 Å². The molecule has 0 radical (unpaired) electrons. The SMILES string of the molecule is C#CCCCNCc1cc(F)ccc1Cl. The molecule has 0 amide bonds. The van der Waals surface area contributed by atoms with Crippen molar-refractivity contribution >= 4 is 11.6 Å². The molecule has 0 aliphatic carbocycles. The third kappa shape index (κ3) is 4.33. The number of unbranched alkanes of at least 4 members (excludes halogenated alkanes) is 1. The van der Waals surface area contributed by atoms with Gasteiger partial charge >= 0.3 is 0 Å². The van der Waals surface area contributed by atoms with Gasteiger partial charge in [0.1, 0.15) is 5.82 Å². The van der Waals surface area contributed by atoms with Gasteiger partial charge in [0.05, 0.1) is 0 Å². The summed E-state index contributed by atoms with van der Waals surface area (Å²) in [6.45, 7) is 1.39. The van der Waals surface area contributed by atoms with Gasteiger partial charge in [-0.3, -0.25) is 0 Å². The third-order valence-electron chi connectivity index (χ3n) is 2.00. The highest BCUT2D eigenvalue weighted by Crippen LogP contribution is 2.16. The quantitative estimate of drug-likeness (QED) is 0.600. The van der Waals surface area contributed by atoms with Crippen molar-refractivity contribution < 1.29 is 4.39 Å². The summed E-state index contributed by atoms with van der Waals surface area (Å²) in [6.07, 6.45) is 6.79. The van der Waals surface area contributed by atoms with Gasteiger partial charge in [-0.15, -0.1) is 12.3 Å². The number of rotatable bonds is 5. The van der Waals surface area contributed by atoms with Gasteiger partial charge in [-0.25, -0.2) is 4.39 Å². The molecule has 0 fully saturated rings. The molecule has 0 bridgehead atoms. The molecular weight excluding hydrogens is 213 g/mol. The average molecular weight is 226 g/mol. The van der Waals surface area contributed by atoms with Crippen molar-refractivity contribution in [1.29, 1.82) is 0 Å². The second-order valence-corrected chi connectivity index (χ2v) is 3.63. The van der Waals surface area contributed by atoms with E-state index in [4.69, 9.17) is 18.0 Å². The molecular formula is C12H13ClFN. The Hall–Kier alpha value is -1.04. The standard InChI is InChI=1S/C12H13ClFN/c1-2-3-4-7-15-9-10-8-11(14)5-6-12(10)13/h1,5-6,8,15H,3-4,7,9H2. The summed E-state index contributed by atoms with van der Waals surface area (Å²) in [7, 11) is 0. The van der Waals surface area contributed by atoms with Gasteiger partial charge in [0, 0.05) is 18.0 Å². The fourth-order valence-corrected chi connectivity index (χ4v) is 1.40. The van der Waals surface area contributed by atoms with Gasteiger partial charge in [0.2, 0.25) is 0 Å². The molecule has 1 N–H and O–H groups in total. The molecule has 1 aromatic carbocycles. The number of nitrogens with one attached hydrogen (secondary N) is 1. The highest BCUT2D eigenvalue weighted by molar-refractivity contribution is 6.31. The number of hydrogen-bond donors (Lipinski definition) is 1. The van der Waals surface area contributed by atoms with Crippen molar-refractivity contribution in [3.63, 3.8) is 0 Å². The summed E-state index contributed by atoms with van der Waals surface area (Å²) in [5.41, 5.74) is 0.775. The summed E-state index contributed by atoms with van der Waals surface area (Å²) >= 11 is 5.90. The van der Waals surface area contributed by atoms with Crippen LogP contribution in [0, 0.1) is 18.2 Å². The lowest BCUT2D eigenvalue weighted by atomic mass is 10.2. The second kappa shape index (κ2) is 6.44. The minimum atomic E-state index is -0.264. The first-order valence-corrected chi connectivity index (χ1v) is 5.20. The molecule has 1 aromatic rings. The molecule has 1 rings (SSSR count). The molecule has 0 atom stereocenters. The average Bonchev–Trinajstić information content (AvgIpc) is 2.23. The molecule has 0 aliphatic rings. The van der Waals surface area contributed by atoms with Crippen LogP contribution in [0.15, 0.2) is 18.2 Å². The van der Waals surface area contributed by atoms with E-state index in [0.29, 0.717) is 11.6 Å². The fourth-order valence-electron chi connectivity index (χ4n) is 1.22. The minimum Gasteiger partial charge on any atom is -0.313 e. The molecule has 0 aromatic heterocycles. The van der Waals surface area contributed by atoms with Crippen LogP contribution in [0.5, 0.6) is 0 Å². The summed E-state index contributed by atoms with van der Waals surface area (Å²) in [5.74, 6) is 2.30. The molecule has 0 heterocycles. The van der Waals surface area contributed by atoms with E-state index >= 15 is 0 Å². The maximum Gasteiger partial charge on any atom is 0.123 e. The predicted molar refractivity (Wildman–Crippen MR) is 61.2 cm³/mol. The minimum absolute atomic E-state index is 0.264. The molecule has 0 saturated carbocycles. The topological polar surface area (TPSA) is 12.0 Å². The smallest absolute Gasteiger partial charge is 0.123 e. The Balaban J connectivity index is 2.37. The van der Waals surface area contributed by atoms with Gasteiger partial charge in [0.25, 0.3) is 0 Å². The highest BCUT2D eigenvalue weighted by atomic mass is 35.5. The van der Waals surface area contributed by atoms with E-state index in [0.717, 1.165) is 24.9 Å². The van der Waals surface area contributed by atoms with Crippen LogP contribution in [0.3, 0.4) is 0 Å². The highest BCUT2D eigenvalue weighted by Gasteiger charge is 2.00. The van der Waals surface area contributed by atoms with Crippen molar-refractivity contribution in [2.45, 2.75) is 19.4 Å². The normalized spacial score (nSPS) is 9.93. The summed E-state index contributed by atoms with van der Waals surface area (Å²) in [4.78, 5) is 0. The molecule has 80 valence electrons. The van der Waals surface area contributed by atoms with E-state index < -0.39 is 0 Å². The molecule has 1 nitrogen and oxygen atoms in total. The molecule has 15 heavy (non-hydrogen) atoms. The monoisotopic (exact) mass is 225 g/mol. The van der Waals surface area contributed by atoms with E-state index in [-0.39, 0.29) is 5.82 Å². The van der Waals surface area contributed by atoms with Crippen LogP contribution in [0.25, 0.3) is 0 Å². The van der Waals surface area contributed by atoms with Crippen molar-refractivity contribution in [3.05, 3.63) is 34.6 Å². The second-order valence-electron chi connectivity index (χ2n) is 3.22. The molecule has 0 spiro atoms. The Labute approximate surface area is 94.6 Å². The van der Waals surface area contributed by atoms with E-state index in [2.05, 4.69) is 11.2 Å². The van der Waals surface area contributed by atoms with Gasteiger partial charge in [-0.2, -0.15) is 0 Å². The first kappa shape index (κ1) is 12.0. The van der Waals surface area contributed by atoms with Crippen molar-refractivity contribution in [3.8, 4) is 12.3 Å². The molecule has 0 unspecified atom stereocenters. The largest absolute Gasteiger partial charge is 0.313 e. The number of halogens is 2. The van der Waals surface area contributed by atoms with E-state index in [1.54, 1.807) is 6.07 Å². The Morgan fingerprint density at radius 3 is 3.00 bits per heavy atom.